The van der Waals surface area contributed by atoms with Gasteiger partial charge in [-0.1, -0.05) is 24.3 Å². The molecule has 0 aliphatic heterocycles. The van der Waals surface area contributed by atoms with Crippen LogP contribution >= 0.6 is 11.6 Å². The summed E-state index contributed by atoms with van der Waals surface area (Å²) in [5.74, 6) is -0.357. The standard InChI is InChI=1S/C14H10ClF2Si/c15-9-14(18,10-1-5-12(16)6-2-10)11-3-7-13(17)8-4-11/h1-8H,9H2. The largest absolute Gasteiger partial charge is 0.207 e. The third kappa shape index (κ3) is 2.47. The van der Waals surface area contributed by atoms with E-state index in [1.165, 1.54) is 24.3 Å². The minimum Gasteiger partial charge on any atom is -0.207 e. The summed E-state index contributed by atoms with van der Waals surface area (Å²) in [6.07, 6.45) is 0. The molecular formula is C14H10ClF2Si. The molecule has 0 N–H and O–H groups in total. The molecule has 0 atom stereocenters. The Hall–Kier alpha value is -1.19. The Balaban J connectivity index is 2.47. The predicted octanol–water partition coefficient (Wildman–Crippen LogP) is 3.62. The molecule has 0 bridgehead atoms. The summed E-state index contributed by atoms with van der Waals surface area (Å²) in [5, 5.41) is -0.650. The Bertz CT molecular complexity index is 477. The lowest BCUT2D eigenvalue weighted by atomic mass is 9.91. The van der Waals surface area contributed by atoms with Crippen molar-refractivity contribution in [2.45, 2.75) is 5.04 Å². The molecule has 18 heavy (non-hydrogen) atoms. The molecular weight excluding hydrogens is 270 g/mol. The number of hydrogen-bond donors (Lipinski definition) is 0. The third-order valence-electron chi connectivity index (χ3n) is 2.87. The van der Waals surface area contributed by atoms with E-state index in [-0.39, 0.29) is 17.5 Å². The van der Waals surface area contributed by atoms with Gasteiger partial charge in [-0.25, -0.2) is 8.78 Å². The van der Waals surface area contributed by atoms with Gasteiger partial charge in [0.05, 0.1) is 0 Å². The van der Waals surface area contributed by atoms with Gasteiger partial charge in [-0.2, -0.15) is 0 Å². The van der Waals surface area contributed by atoms with Gasteiger partial charge in [0.25, 0.3) is 0 Å². The molecule has 2 aromatic rings. The van der Waals surface area contributed by atoms with E-state index in [0.29, 0.717) is 0 Å². The molecule has 0 aromatic heterocycles. The number of alkyl halides is 1. The van der Waals surface area contributed by atoms with Gasteiger partial charge in [-0.3, -0.25) is 0 Å². The molecule has 0 nitrogen and oxygen atoms in total. The molecule has 2 rings (SSSR count). The molecule has 0 saturated heterocycles. The lowest BCUT2D eigenvalue weighted by Crippen LogP contribution is -2.30. The quantitative estimate of drug-likeness (QED) is 0.595. The Morgan fingerprint density at radius 1 is 0.833 bits per heavy atom. The minimum absolute atomic E-state index is 0.251. The van der Waals surface area contributed by atoms with E-state index in [4.69, 9.17) is 11.6 Å². The Morgan fingerprint density at radius 2 is 1.17 bits per heavy atom. The van der Waals surface area contributed by atoms with Crippen molar-refractivity contribution in [1.82, 2.24) is 0 Å². The zero-order chi connectivity index (χ0) is 13.2. The first-order chi connectivity index (χ1) is 8.56. The lowest BCUT2D eigenvalue weighted by molar-refractivity contribution is 0.624. The highest BCUT2D eigenvalue weighted by molar-refractivity contribution is 6.28. The first kappa shape index (κ1) is 13.2. The van der Waals surface area contributed by atoms with E-state index in [9.17, 15) is 8.78 Å². The number of hydrogen-bond acceptors (Lipinski definition) is 0. The first-order valence-electron chi connectivity index (χ1n) is 5.39. The monoisotopic (exact) mass is 279 g/mol. The Morgan fingerprint density at radius 3 is 1.44 bits per heavy atom. The second-order valence-electron chi connectivity index (χ2n) is 4.05. The molecule has 0 spiro atoms. The lowest BCUT2D eigenvalue weighted by Gasteiger charge is -2.28. The molecule has 91 valence electrons. The van der Waals surface area contributed by atoms with Crippen LogP contribution in [0.5, 0.6) is 0 Å². The van der Waals surface area contributed by atoms with E-state index in [0.717, 1.165) is 11.1 Å². The highest BCUT2D eigenvalue weighted by Crippen LogP contribution is 2.30. The summed E-state index contributed by atoms with van der Waals surface area (Å²) in [7, 11) is 3.63. The van der Waals surface area contributed by atoms with E-state index >= 15 is 0 Å². The van der Waals surface area contributed by atoms with E-state index < -0.39 is 5.04 Å². The molecule has 0 unspecified atom stereocenters. The third-order valence-corrected chi connectivity index (χ3v) is 4.25. The Kier molecular flexibility index (Phi) is 3.83. The second-order valence-corrected chi connectivity index (χ2v) is 5.17. The van der Waals surface area contributed by atoms with Crippen molar-refractivity contribution >= 4 is 21.8 Å². The van der Waals surface area contributed by atoms with Crippen molar-refractivity contribution in [3.8, 4) is 0 Å². The van der Waals surface area contributed by atoms with Gasteiger partial charge in [0.1, 0.15) is 11.6 Å². The molecule has 0 fully saturated rings. The van der Waals surface area contributed by atoms with E-state index in [1.807, 2.05) is 0 Å². The van der Waals surface area contributed by atoms with Gasteiger partial charge in [0, 0.05) is 21.2 Å². The molecule has 0 aliphatic carbocycles. The van der Waals surface area contributed by atoms with Crippen molar-refractivity contribution in [2.75, 3.05) is 5.88 Å². The van der Waals surface area contributed by atoms with Gasteiger partial charge in [-0.15, -0.1) is 11.6 Å². The molecule has 0 heterocycles. The average Bonchev–Trinajstić information content (AvgIpc) is 2.39. The average molecular weight is 280 g/mol. The normalized spacial score (nSPS) is 11.6. The van der Waals surface area contributed by atoms with Crippen LogP contribution in [0.4, 0.5) is 8.78 Å². The fourth-order valence-electron chi connectivity index (χ4n) is 1.79. The molecule has 0 aliphatic rings. The van der Waals surface area contributed by atoms with Crippen LogP contribution in [0.25, 0.3) is 0 Å². The summed E-state index contributed by atoms with van der Waals surface area (Å²) in [6.45, 7) is 0. The Labute approximate surface area is 113 Å². The smallest absolute Gasteiger partial charge is 0.123 e. The van der Waals surface area contributed by atoms with Crippen molar-refractivity contribution in [3.63, 3.8) is 0 Å². The summed E-state index contributed by atoms with van der Waals surface area (Å²) in [4.78, 5) is 0. The van der Waals surface area contributed by atoms with Crippen LogP contribution in [-0.4, -0.2) is 16.1 Å². The number of halogens is 3. The van der Waals surface area contributed by atoms with Crippen LogP contribution in [0.3, 0.4) is 0 Å². The van der Waals surface area contributed by atoms with Gasteiger partial charge < -0.3 is 0 Å². The van der Waals surface area contributed by atoms with Gasteiger partial charge >= 0.3 is 0 Å². The zero-order valence-electron chi connectivity index (χ0n) is 9.46. The number of rotatable bonds is 3. The molecule has 0 amide bonds. The summed E-state index contributed by atoms with van der Waals surface area (Å²) >= 11 is 6.02. The van der Waals surface area contributed by atoms with Crippen LogP contribution < -0.4 is 0 Å². The maximum Gasteiger partial charge on any atom is 0.123 e. The molecule has 0 saturated carbocycles. The maximum absolute atomic E-state index is 12.9. The van der Waals surface area contributed by atoms with Crippen LogP contribution in [0, 0.1) is 11.6 Å². The van der Waals surface area contributed by atoms with Crippen molar-refractivity contribution in [3.05, 3.63) is 71.3 Å². The highest BCUT2D eigenvalue weighted by Gasteiger charge is 2.28. The van der Waals surface area contributed by atoms with Crippen LogP contribution in [0.2, 0.25) is 0 Å². The summed E-state index contributed by atoms with van der Waals surface area (Å²) in [5.41, 5.74) is 1.64. The highest BCUT2D eigenvalue weighted by atomic mass is 35.5. The van der Waals surface area contributed by atoms with Crippen molar-refractivity contribution < 1.29 is 8.78 Å². The van der Waals surface area contributed by atoms with E-state index in [2.05, 4.69) is 10.2 Å². The molecule has 2 aromatic carbocycles. The topological polar surface area (TPSA) is 0 Å². The van der Waals surface area contributed by atoms with E-state index in [1.54, 1.807) is 24.3 Å². The van der Waals surface area contributed by atoms with Crippen LogP contribution in [0.1, 0.15) is 11.1 Å². The predicted molar refractivity (Wildman–Crippen MR) is 70.1 cm³/mol. The second kappa shape index (κ2) is 5.20. The first-order valence-corrected chi connectivity index (χ1v) is 6.43. The van der Waals surface area contributed by atoms with Crippen molar-refractivity contribution in [2.24, 2.45) is 0 Å². The fourth-order valence-corrected chi connectivity index (χ4v) is 2.43. The molecule has 4 heteroatoms. The van der Waals surface area contributed by atoms with Crippen molar-refractivity contribution in [1.29, 1.82) is 0 Å². The SMILES string of the molecule is Fc1ccc(C([Si])(CCl)c2ccc(F)cc2)cc1. The van der Waals surface area contributed by atoms with Crippen LogP contribution in [-0.2, 0) is 5.04 Å². The van der Waals surface area contributed by atoms with Gasteiger partial charge in [0.15, 0.2) is 0 Å². The molecule has 3 radical (unpaired) electrons. The van der Waals surface area contributed by atoms with Gasteiger partial charge in [0.2, 0.25) is 0 Å². The minimum atomic E-state index is -0.650. The maximum atomic E-state index is 12.9. The van der Waals surface area contributed by atoms with Crippen LogP contribution in [0.15, 0.2) is 48.5 Å². The zero-order valence-corrected chi connectivity index (χ0v) is 11.2. The fraction of sp³-hybridized carbons (Fsp3) is 0.143. The summed E-state index contributed by atoms with van der Waals surface area (Å²) in [6, 6.07) is 12.1. The number of benzene rings is 2. The van der Waals surface area contributed by atoms with Gasteiger partial charge in [-0.05, 0) is 35.4 Å². The summed E-state index contributed by atoms with van der Waals surface area (Å²) < 4.78 is 25.9.